The summed E-state index contributed by atoms with van der Waals surface area (Å²) in [5.74, 6) is -0.0569. The van der Waals surface area contributed by atoms with E-state index in [-0.39, 0.29) is 35.0 Å². The molecule has 1 saturated heterocycles. The zero-order chi connectivity index (χ0) is 32.1. The normalized spacial score (nSPS) is 15.1. The third-order valence-corrected chi connectivity index (χ3v) is 7.37. The molecule has 4 aromatic rings. The van der Waals surface area contributed by atoms with Crippen molar-refractivity contribution in [2.24, 2.45) is 0 Å². The van der Waals surface area contributed by atoms with Gasteiger partial charge in [0.05, 0.1) is 23.5 Å². The van der Waals surface area contributed by atoms with Crippen molar-refractivity contribution in [3.63, 3.8) is 0 Å². The second-order valence-electron chi connectivity index (χ2n) is 10.5. The van der Waals surface area contributed by atoms with Crippen molar-refractivity contribution in [3.8, 4) is 11.3 Å². The molecule has 2 amide bonds. The summed E-state index contributed by atoms with van der Waals surface area (Å²) in [6.07, 6.45) is 0.0477. The van der Waals surface area contributed by atoms with Gasteiger partial charge in [0.1, 0.15) is 6.54 Å². The number of nitrogens with zero attached hydrogens (tertiary/aromatic N) is 5. The monoisotopic (exact) mass is 633 g/mol. The Morgan fingerprint density at radius 1 is 1.16 bits per heavy atom. The molecular formula is C29H32F5N9O2. The molecule has 1 aliphatic heterocycles. The van der Waals surface area contributed by atoms with Crippen LogP contribution >= 0.6 is 0 Å². The number of carbonyl (C=O) groups excluding carboxylic acids is 2. The molecule has 0 unspecified atom stereocenters. The van der Waals surface area contributed by atoms with E-state index in [0.29, 0.717) is 41.9 Å². The molecule has 1 aliphatic rings. The maximum absolute atomic E-state index is 13.7. The molecule has 5 rings (SSSR count). The van der Waals surface area contributed by atoms with Gasteiger partial charge in [-0.3, -0.25) is 18.7 Å². The van der Waals surface area contributed by atoms with Crippen molar-refractivity contribution < 1.29 is 31.5 Å². The lowest BCUT2D eigenvalue weighted by molar-refractivity contribution is -0.141. The number of hydrogen-bond donors (Lipinski definition) is 4. The number of hydrogen-bond acceptors (Lipinski definition) is 7. The minimum atomic E-state index is -4.88. The number of halogens is 5. The first-order valence-corrected chi connectivity index (χ1v) is 14.5. The second-order valence-corrected chi connectivity index (χ2v) is 10.5. The smallest absolute Gasteiger partial charge is 0.355 e. The zero-order valence-corrected chi connectivity index (χ0v) is 24.3. The fourth-order valence-electron chi connectivity index (χ4n) is 5.21. The van der Waals surface area contributed by atoms with Crippen LogP contribution in [0.15, 0.2) is 43.0 Å². The van der Waals surface area contributed by atoms with Gasteiger partial charge >= 0.3 is 6.18 Å². The fourth-order valence-corrected chi connectivity index (χ4v) is 5.21. The molecule has 0 radical (unpaired) electrons. The molecule has 4 heterocycles. The maximum Gasteiger partial charge on any atom is 0.435 e. The number of imidazole rings is 1. The highest BCUT2D eigenvalue weighted by molar-refractivity contribution is 5.96. The lowest BCUT2D eigenvalue weighted by atomic mass is 10.0. The van der Waals surface area contributed by atoms with Gasteiger partial charge in [0, 0.05) is 42.9 Å². The van der Waals surface area contributed by atoms with Gasteiger partial charge < -0.3 is 21.3 Å². The van der Waals surface area contributed by atoms with Crippen LogP contribution in [0.2, 0.25) is 0 Å². The fraction of sp³-hybridized carbons (Fsp3) is 0.414. The van der Waals surface area contributed by atoms with Crippen LogP contribution in [-0.2, 0) is 23.9 Å². The van der Waals surface area contributed by atoms with Gasteiger partial charge in [0.15, 0.2) is 17.2 Å². The number of fused-ring (bicyclic) bond motifs is 1. The summed E-state index contributed by atoms with van der Waals surface area (Å²) in [4.78, 5) is 33.5. The Bertz CT molecular complexity index is 1660. The highest BCUT2D eigenvalue weighted by atomic mass is 19.4. The van der Waals surface area contributed by atoms with E-state index in [1.165, 1.54) is 23.0 Å². The summed E-state index contributed by atoms with van der Waals surface area (Å²) >= 11 is 0. The van der Waals surface area contributed by atoms with E-state index in [1.807, 2.05) is 6.92 Å². The number of nitrogens with one attached hydrogen (secondary N) is 4. The molecule has 16 heteroatoms. The van der Waals surface area contributed by atoms with E-state index >= 15 is 0 Å². The van der Waals surface area contributed by atoms with Crippen LogP contribution in [0.1, 0.15) is 47.8 Å². The highest BCUT2D eigenvalue weighted by Gasteiger charge is 2.38. The molecule has 1 atom stereocenters. The van der Waals surface area contributed by atoms with Crippen molar-refractivity contribution in [1.82, 2.24) is 40.1 Å². The summed E-state index contributed by atoms with van der Waals surface area (Å²) in [7, 11) is 0. The highest BCUT2D eigenvalue weighted by Crippen LogP contribution is 2.37. The number of aromatic nitrogens is 5. The number of rotatable bonds is 12. The first-order chi connectivity index (χ1) is 21.5. The zero-order valence-electron chi connectivity index (χ0n) is 24.3. The van der Waals surface area contributed by atoms with Crippen LogP contribution in [0.25, 0.3) is 16.9 Å². The molecule has 4 N–H and O–H groups in total. The summed E-state index contributed by atoms with van der Waals surface area (Å²) < 4.78 is 68.9. The Morgan fingerprint density at radius 2 is 1.96 bits per heavy atom. The molecule has 0 spiro atoms. The SMILES string of the molecule is CCc1cc(Nc2nccn3c(-c4cn(CC(F)F)nc4C(F)(F)F)cnc23)ccc1C(=O)NCCCNC(=O)[C@@H]1CCCN1. The summed E-state index contributed by atoms with van der Waals surface area (Å²) in [6.45, 7) is 2.58. The summed E-state index contributed by atoms with van der Waals surface area (Å²) in [5.41, 5.74) is 0.288. The van der Waals surface area contributed by atoms with E-state index in [2.05, 4.69) is 36.3 Å². The van der Waals surface area contributed by atoms with Crippen molar-refractivity contribution in [1.29, 1.82) is 0 Å². The Balaban J connectivity index is 1.28. The average molecular weight is 634 g/mol. The quantitative estimate of drug-likeness (QED) is 0.136. The van der Waals surface area contributed by atoms with Crippen LogP contribution in [0, 0.1) is 0 Å². The van der Waals surface area contributed by atoms with E-state index < -0.39 is 30.4 Å². The van der Waals surface area contributed by atoms with E-state index in [4.69, 9.17) is 0 Å². The first-order valence-electron chi connectivity index (χ1n) is 14.5. The summed E-state index contributed by atoms with van der Waals surface area (Å²) in [6, 6.07) is 4.96. The van der Waals surface area contributed by atoms with Crippen molar-refractivity contribution in [2.45, 2.75) is 57.8 Å². The van der Waals surface area contributed by atoms with E-state index in [9.17, 15) is 31.5 Å². The Hall–Kier alpha value is -4.60. The standard InChI is InChI=1S/C29H32F5N9O2/c1-2-17-13-18(6-7-19(17)27(44)37-9-4-10-38-28(45)21-5-3-8-35-21)40-25-26-39-14-22(43(26)12-11-36-25)20-15-42(16-23(30)31)41-24(20)29(32,33)34/h6-7,11-15,21,23,35H,2-5,8-10,16H2,1H3,(H,36,40)(H,37,44)(H,38,45)/t21-/m0/s1. The van der Waals surface area contributed by atoms with Gasteiger partial charge in [-0.15, -0.1) is 0 Å². The van der Waals surface area contributed by atoms with Crippen molar-refractivity contribution in [3.05, 3.63) is 59.8 Å². The number of carbonyl (C=O) groups is 2. The van der Waals surface area contributed by atoms with Gasteiger partial charge in [-0.2, -0.15) is 18.3 Å². The maximum atomic E-state index is 13.7. The Morgan fingerprint density at radius 3 is 2.67 bits per heavy atom. The Kier molecular flexibility index (Phi) is 9.60. The minimum absolute atomic E-state index is 0.000623. The van der Waals surface area contributed by atoms with Crippen molar-refractivity contribution in [2.75, 3.05) is 25.0 Å². The second kappa shape index (κ2) is 13.6. The topological polar surface area (TPSA) is 130 Å². The molecule has 0 bridgehead atoms. The van der Waals surface area contributed by atoms with Gasteiger partial charge in [-0.05, 0) is 56.0 Å². The van der Waals surface area contributed by atoms with Crippen molar-refractivity contribution >= 4 is 29.0 Å². The largest absolute Gasteiger partial charge is 0.435 e. The number of anilines is 2. The minimum Gasteiger partial charge on any atom is -0.355 e. The first kappa shape index (κ1) is 31.8. The molecular weight excluding hydrogens is 601 g/mol. The molecule has 45 heavy (non-hydrogen) atoms. The van der Waals surface area contributed by atoms with Gasteiger partial charge in [-0.25, -0.2) is 18.7 Å². The predicted octanol–water partition coefficient (Wildman–Crippen LogP) is 4.17. The van der Waals surface area contributed by atoms with Gasteiger partial charge in [-0.1, -0.05) is 6.92 Å². The van der Waals surface area contributed by atoms with Crippen LogP contribution in [0.4, 0.5) is 33.5 Å². The predicted molar refractivity (Wildman–Crippen MR) is 155 cm³/mol. The lowest BCUT2D eigenvalue weighted by Crippen LogP contribution is -2.41. The van der Waals surface area contributed by atoms with Crippen LogP contribution in [0.3, 0.4) is 0 Å². The number of alkyl halides is 5. The molecule has 240 valence electrons. The number of benzene rings is 1. The Labute approximate surface area is 254 Å². The summed E-state index contributed by atoms with van der Waals surface area (Å²) in [5, 5.41) is 15.4. The van der Waals surface area contributed by atoms with E-state index in [1.54, 1.807) is 18.2 Å². The van der Waals surface area contributed by atoms with Crippen LogP contribution in [0.5, 0.6) is 0 Å². The number of amides is 2. The van der Waals surface area contributed by atoms with E-state index in [0.717, 1.165) is 31.1 Å². The third-order valence-electron chi connectivity index (χ3n) is 7.37. The molecule has 1 fully saturated rings. The van der Waals surface area contributed by atoms with Crippen LogP contribution < -0.4 is 21.3 Å². The average Bonchev–Trinajstić information content (AvgIpc) is 3.76. The molecule has 1 aromatic carbocycles. The molecule has 3 aromatic heterocycles. The van der Waals surface area contributed by atoms with Gasteiger partial charge in [0.2, 0.25) is 5.91 Å². The molecule has 0 saturated carbocycles. The number of aryl methyl sites for hydroxylation is 1. The lowest BCUT2D eigenvalue weighted by Gasteiger charge is -2.13. The molecule has 11 nitrogen and oxygen atoms in total. The third kappa shape index (κ3) is 7.38. The van der Waals surface area contributed by atoms with Crippen LogP contribution in [-0.4, -0.2) is 68.1 Å². The van der Waals surface area contributed by atoms with Gasteiger partial charge in [0.25, 0.3) is 12.3 Å². The molecule has 0 aliphatic carbocycles.